The van der Waals surface area contributed by atoms with E-state index in [4.69, 9.17) is 0 Å². The van der Waals surface area contributed by atoms with E-state index < -0.39 is 22.4 Å². The fraction of sp³-hybridized carbons (Fsp3) is 0.333. The van der Waals surface area contributed by atoms with Crippen LogP contribution in [0.5, 0.6) is 0 Å². The van der Waals surface area contributed by atoms with Crippen molar-refractivity contribution in [1.82, 2.24) is 0 Å². The number of halogens is 3. The average molecular weight is 251 g/mol. The third kappa shape index (κ3) is 2.88. The van der Waals surface area contributed by atoms with Crippen LogP contribution in [0.1, 0.15) is 11.1 Å². The van der Waals surface area contributed by atoms with Crippen molar-refractivity contribution >= 4 is 18.3 Å². The summed E-state index contributed by atoms with van der Waals surface area (Å²) in [4.78, 5) is 9.78. The maximum Gasteiger partial charge on any atom is 0.416 e. The minimum atomic E-state index is -4.57. The first-order chi connectivity index (χ1) is 7.36. The Bertz CT molecular complexity index is 406. The molecule has 0 heterocycles. The molecule has 0 aromatic heterocycles. The first-order valence-corrected chi connectivity index (χ1v) is 4.95. The van der Waals surface area contributed by atoms with Crippen molar-refractivity contribution in [3.05, 3.63) is 39.4 Å². The largest absolute Gasteiger partial charge is 0.416 e. The number of alkyl halides is 3. The molecule has 0 aliphatic rings. The van der Waals surface area contributed by atoms with Crippen molar-refractivity contribution in [3.63, 3.8) is 0 Å². The van der Waals surface area contributed by atoms with Crippen LogP contribution < -0.4 is 0 Å². The van der Waals surface area contributed by atoms with Crippen LogP contribution in [0.3, 0.4) is 0 Å². The minimum Gasteiger partial charge on any atom is -0.258 e. The van der Waals surface area contributed by atoms with Gasteiger partial charge in [-0.3, -0.25) is 10.1 Å². The van der Waals surface area contributed by atoms with Crippen LogP contribution in [-0.2, 0) is 12.6 Å². The van der Waals surface area contributed by atoms with E-state index in [0.717, 1.165) is 12.1 Å². The highest BCUT2D eigenvalue weighted by Crippen LogP contribution is 2.33. The van der Waals surface area contributed by atoms with E-state index in [1.807, 2.05) is 0 Å². The molecule has 0 fully saturated rings. The number of thiol groups is 1. The molecule has 1 aromatic rings. The number of rotatable bonds is 3. The lowest BCUT2D eigenvalue weighted by atomic mass is 10.1. The Labute approximate surface area is 94.8 Å². The molecule has 1 rings (SSSR count). The molecule has 88 valence electrons. The first-order valence-electron chi connectivity index (χ1n) is 4.31. The molecule has 0 aliphatic carbocycles. The lowest BCUT2D eigenvalue weighted by Crippen LogP contribution is -2.07. The topological polar surface area (TPSA) is 43.1 Å². The predicted molar refractivity (Wildman–Crippen MR) is 55.7 cm³/mol. The van der Waals surface area contributed by atoms with Crippen molar-refractivity contribution < 1.29 is 18.1 Å². The summed E-state index contributed by atoms with van der Waals surface area (Å²) in [6.45, 7) is 0. The Hall–Kier alpha value is -1.24. The number of benzene rings is 1. The van der Waals surface area contributed by atoms with E-state index >= 15 is 0 Å². The van der Waals surface area contributed by atoms with Gasteiger partial charge in [-0.1, -0.05) is 6.07 Å². The molecular weight excluding hydrogens is 243 g/mol. The molecule has 0 atom stereocenters. The van der Waals surface area contributed by atoms with E-state index in [1.165, 1.54) is 0 Å². The molecule has 0 unspecified atom stereocenters. The van der Waals surface area contributed by atoms with Crippen molar-refractivity contribution in [2.75, 3.05) is 5.75 Å². The molecule has 0 saturated carbocycles. The lowest BCUT2D eigenvalue weighted by Gasteiger charge is -2.08. The summed E-state index contributed by atoms with van der Waals surface area (Å²) in [5, 5.41) is 10.6. The Morgan fingerprint density at radius 2 is 2.00 bits per heavy atom. The van der Waals surface area contributed by atoms with Gasteiger partial charge in [0.2, 0.25) is 0 Å². The zero-order valence-corrected chi connectivity index (χ0v) is 8.89. The summed E-state index contributed by atoms with van der Waals surface area (Å²) in [6.07, 6.45) is -4.30. The van der Waals surface area contributed by atoms with Crippen molar-refractivity contribution in [1.29, 1.82) is 0 Å². The van der Waals surface area contributed by atoms with Gasteiger partial charge in [-0.2, -0.15) is 25.8 Å². The molecule has 16 heavy (non-hydrogen) atoms. The predicted octanol–water partition coefficient (Wildman–Crippen LogP) is 3.09. The third-order valence-electron chi connectivity index (χ3n) is 1.99. The summed E-state index contributed by atoms with van der Waals surface area (Å²) in [5.41, 5.74) is -1.26. The van der Waals surface area contributed by atoms with Crippen molar-refractivity contribution in [2.45, 2.75) is 12.6 Å². The lowest BCUT2D eigenvalue weighted by molar-refractivity contribution is -0.385. The number of aryl methyl sites for hydroxylation is 1. The van der Waals surface area contributed by atoms with E-state index in [9.17, 15) is 23.3 Å². The van der Waals surface area contributed by atoms with Gasteiger partial charge in [0.1, 0.15) is 0 Å². The summed E-state index contributed by atoms with van der Waals surface area (Å²) in [7, 11) is 0. The van der Waals surface area contributed by atoms with Crippen LogP contribution in [0.25, 0.3) is 0 Å². The molecule has 3 nitrogen and oxygen atoms in total. The number of hydrogen-bond donors (Lipinski definition) is 1. The average Bonchev–Trinajstić information content (AvgIpc) is 2.16. The highest BCUT2D eigenvalue weighted by molar-refractivity contribution is 7.80. The Morgan fingerprint density at radius 1 is 1.38 bits per heavy atom. The van der Waals surface area contributed by atoms with Gasteiger partial charge in [0, 0.05) is 11.6 Å². The maximum absolute atomic E-state index is 12.3. The van der Waals surface area contributed by atoms with Crippen LogP contribution in [-0.4, -0.2) is 10.7 Å². The highest BCUT2D eigenvalue weighted by atomic mass is 32.1. The summed E-state index contributed by atoms with van der Waals surface area (Å²) in [6, 6.07) is 2.52. The standard InChI is InChI=1S/C9H8F3NO2S/c10-9(11,12)7-2-1-6(3-4-16)8(5-7)13(14)15/h1-2,5,16H,3-4H2. The molecule has 0 N–H and O–H groups in total. The zero-order chi connectivity index (χ0) is 12.3. The zero-order valence-electron chi connectivity index (χ0n) is 7.99. The summed E-state index contributed by atoms with van der Waals surface area (Å²) in [5.74, 6) is 0.339. The molecule has 0 aliphatic heterocycles. The van der Waals surface area contributed by atoms with Gasteiger partial charge in [0.05, 0.1) is 10.5 Å². The van der Waals surface area contributed by atoms with E-state index in [0.29, 0.717) is 11.8 Å². The van der Waals surface area contributed by atoms with Crippen LogP contribution in [0.15, 0.2) is 18.2 Å². The van der Waals surface area contributed by atoms with E-state index in [2.05, 4.69) is 12.6 Å². The first kappa shape index (κ1) is 12.8. The molecule has 7 heteroatoms. The molecule has 0 radical (unpaired) electrons. The Morgan fingerprint density at radius 3 is 2.44 bits per heavy atom. The quantitative estimate of drug-likeness (QED) is 0.509. The fourth-order valence-electron chi connectivity index (χ4n) is 1.24. The molecule has 0 spiro atoms. The van der Waals surface area contributed by atoms with Gasteiger partial charge in [-0.15, -0.1) is 0 Å². The smallest absolute Gasteiger partial charge is 0.258 e. The van der Waals surface area contributed by atoms with Crippen LogP contribution in [0, 0.1) is 10.1 Å². The highest BCUT2D eigenvalue weighted by Gasteiger charge is 2.32. The van der Waals surface area contributed by atoms with Gasteiger partial charge < -0.3 is 0 Å². The molecule has 0 bridgehead atoms. The normalized spacial score (nSPS) is 11.5. The van der Waals surface area contributed by atoms with Gasteiger partial charge in [-0.25, -0.2) is 0 Å². The van der Waals surface area contributed by atoms with Gasteiger partial charge in [0.25, 0.3) is 5.69 Å². The molecule has 1 aromatic carbocycles. The van der Waals surface area contributed by atoms with Gasteiger partial charge >= 0.3 is 6.18 Å². The SMILES string of the molecule is O=[N+]([O-])c1cc(C(F)(F)F)ccc1CCS. The molecular formula is C9H8F3NO2S. The third-order valence-corrected chi connectivity index (χ3v) is 2.21. The van der Waals surface area contributed by atoms with Gasteiger partial charge in [0.15, 0.2) is 0 Å². The summed E-state index contributed by atoms with van der Waals surface area (Å²) < 4.78 is 36.9. The number of nitrogens with zero attached hydrogens (tertiary/aromatic N) is 1. The summed E-state index contributed by atoms with van der Waals surface area (Å²) >= 11 is 3.89. The van der Waals surface area contributed by atoms with E-state index in [1.54, 1.807) is 0 Å². The Balaban J connectivity index is 3.23. The van der Waals surface area contributed by atoms with Crippen molar-refractivity contribution in [2.24, 2.45) is 0 Å². The monoisotopic (exact) mass is 251 g/mol. The van der Waals surface area contributed by atoms with Crippen molar-refractivity contribution in [3.8, 4) is 0 Å². The Kier molecular flexibility index (Phi) is 3.79. The number of nitro benzene ring substituents is 1. The van der Waals surface area contributed by atoms with Gasteiger partial charge in [-0.05, 0) is 18.2 Å². The van der Waals surface area contributed by atoms with E-state index in [-0.39, 0.29) is 12.0 Å². The van der Waals surface area contributed by atoms with Crippen LogP contribution in [0.4, 0.5) is 18.9 Å². The van der Waals surface area contributed by atoms with Crippen LogP contribution in [0.2, 0.25) is 0 Å². The number of nitro groups is 1. The molecule has 0 amide bonds. The fourth-order valence-corrected chi connectivity index (χ4v) is 1.48. The number of hydrogen-bond acceptors (Lipinski definition) is 3. The minimum absolute atomic E-state index is 0.257. The second kappa shape index (κ2) is 4.73. The maximum atomic E-state index is 12.3. The van der Waals surface area contributed by atoms with Crippen LogP contribution >= 0.6 is 12.6 Å². The second-order valence-electron chi connectivity index (χ2n) is 3.07. The molecule has 0 saturated heterocycles. The second-order valence-corrected chi connectivity index (χ2v) is 3.52.